The van der Waals surface area contributed by atoms with Crippen LogP contribution in [0.5, 0.6) is 5.75 Å². The van der Waals surface area contributed by atoms with Gasteiger partial charge in [0.15, 0.2) is 0 Å². The lowest BCUT2D eigenvalue weighted by Gasteiger charge is -2.29. The number of carboxylic acid groups (broad SMARTS) is 1. The fourth-order valence-corrected chi connectivity index (χ4v) is 2.73. The Morgan fingerprint density at radius 2 is 2.14 bits per heavy atom. The largest absolute Gasteiger partial charge is 0.491 e. The van der Waals surface area contributed by atoms with Gasteiger partial charge in [0, 0.05) is 6.04 Å². The van der Waals surface area contributed by atoms with Crippen LogP contribution in [0.25, 0.3) is 0 Å². The van der Waals surface area contributed by atoms with Gasteiger partial charge in [-0.1, -0.05) is 32.4 Å². The van der Waals surface area contributed by atoms with E-state index in [0.29, 0.717) is 18.9 Å². The number of para-hydroxylation sites is 2. The molecule has 0 heterocycles. The first-order chi connectivity index (χ1) is 10.1. The van der Waals surface area contributed by atoms with Crippen LogP contribution >= 0.6 is 0 Å². The summed E-state index contributed by atoms with van der Waals surface area (Å²) in [5.41, 5.74) is 0.967. The van der Waals surface area contributed by atoms with Crippen molar-refractivity contribution in [1.82, 2.24) is 0 Å². The Labute approximate surface area is 126 Å². The minimum absolute atomic E-state index is 0.212. The molecule has 4 heteroatoms. The highest BCUT2D eigenvalue weighted by Gasteiger charge is 2.27. The molecule has 2 N–H and O–H groups in total. The second kappa shape index (κ2) is 7.34. The van der Waals surface area contributed by atoms with Gasteiger partial charge in [0.1, 0.15) is 5.75 Å². The number of hydrogen-bond acceptors (Lipinski definition) is 3. The maximum Gasteiger partial charge on any atom is 0.306 e. The van der Waals surface area contributed by atoms with Crippen LogP contribution in [0, 0.1) is 11.8 Å². The Bertz CT molecular complexity index is 473. The Morgan fingerprint density at radius 1 is 1.38 bits per heavy atom. The van der Waals surface area contributed by atoms with E-state index in [4.69, 9.17) is 9.84 Å². The normalized spacial score (nSPS) is 22.0. The summed E-state index contributed by atoms with van der Waals surface area (Å²) >= 11 is 0. The molecule has 0 aliphatic heterocycles. The third-order valence-corrected chi connectivity index (χ3v) is 3.84. The van der Waals surface area contributed by atoms with E-state index in [2.05, 4.69) is 19.2 Å². The maximum atomic E-state index is 11.1. The van der Waals surface area contributed by atoms with E-state index in [1.54, 1.807) is 0 Å². The molecule has 0 bridgehead atoms. The molecule has 4 nitrogen and oxygen atoms in total. The molecule has 1 aliphatic carbocycles. The second-order valence-corrected chi connectivity index (χ2v) is 6.24. The van der Waals surface area contributed by atoms with Crippen molar-refractivity contribution >= 4 is 11.7 Å². The zero-order chi connectivity index (χ0) is 15.2. The van der Waals surface area contributed by atoms with Crippen molar-refractivity contribution < 1.29 is 14.6 Å². The van der Waals surface area contributed by atoms with Crippen LogP contribution in [0.1, 0.15) is 39.5 Å². The van der Waals surface area contributed by atoms with Gasteiger partial charge in [0.05, 0.1) is 18.2 Å². The quantitative estimate of drug-likeness (QED) is 0.837. The van der Waals surface area contributed by atoms with Crippen molar-refractivity contribution in [3.05, 3.63) is 24.3 Å². The highest BCUT2D eigenvalue weighted by molar-refractivity contribution is 5.70. The third-order valence-electron chi connectivity index (χ3n) is 3.84. The summed E-state index contributed by atoms with van der Waals surface area (Å²) in [6.45, 7) is 4.92. The summed E-state index contributed by atoms with van der Waals surface area (Å²) in [6.07, 6.45) is 3.46. The molecule has 1 fully saturated rings. The van der Waals surface area contributed by atoms with E-state index in [1.165, 1.54) is 0 Å². The van der Waals surface area contributed by atoms with Crippen LogP contribution < -0.4 is 10.1 Å². The molecule has 0 saturated heterocycles. The molecule has 116 valence electrons. The van der Waals surface area contributed by atoms with Crippen LogP contribution in [0.15, 0.2) is 24.3 Å². The van der Waals surface area contributed by atoms with Crippen molar-refractivity contribution in [3.63, 3.8) is 0 Å². The molecule has 1 saturated carbocycles. The Hall–Kier alpha value is -1.71. The van der Waals surface area contributed by atoms with Crippen molar-refractivity contribution in [2.45, 2.75) is 45.6 Å². The first kappa shape index (κ1) is 15.7. The number of aliphatic carboxylic acids is 1. The number of nitrogens with one attached hydrogen (secondary N) is 1. The average Bonchev–Trinajstić information content (AvgIpc) is 2.46. The number of carboxylic acids is 1. The van der Waals surface area contributed by atoms with E-state index in [0.717, 1.165) is 30.7 Å². The highest BCUT2D eigenvalue weighted by Crippen LogP contribution is 2.30. The fourth-order valence-electron chi connectivity index (χ4n) is 2.73. The van der Waals surface area contributed by atoms with Gasteiger partial charge < -0.3 is 15.2 Å². The molecule has 1 aromatic rings. The van der Waals surface area contributed by atoms with E-state index in [1.807, 2.05) is 24.3 Å². The number of hydrogen-bond donors (Lipinski definition) is 2. The first-order valence-electron chi connectivity index (χ1n) is 7.77. The molecule has 2 rings (SSSR count). The standard InChI is InChI=1S/C17H25NO3/c1-12(2)11-21-16-9-4-3-8-15(16)18-14-7-5-6-13(10-14)17(19)20/h3-4,8-9,12-14,18H,5-7,10-11H2,1-2H3,(H,19,20). The summed E-state index contributed by atoms with van der Waals surface area (Å²) < 4.78 is 5.84. The van der Waals surface area contributed by atoms with Gasteiger partial charge >= 0.3 is 5.97 Å². The number of anilines is 1. The molecule has 0 spiro atoms. The van der Waals surface area contributed by atoms with Gasteiger partial charge in [-0.05, 0) is 37.3 Å². The monoisotopic (exact) mass is 291 g/mol. The minimum atomic E-state index is -0.675. The summed E-state index contributed by atoms with van der Waals surface area (Å²) in [4.78, 5) is 11.1. The number of benzene rings is 1. The van der Waals surface area contributed by atoms with Crippen LogP contribution in [0.2, 0.25) is 0 Å². The lowest BCUT2D eigenvalue weighted by molar-refractivity contribution is -0.142. The zero-order valence-electron chi connectivity index (χ0n) is 12.8. The second-order valence-electron chi connectivity index (χ2n) is 6.24. The maximum absolute atomic E-state index is 11.1. The van der Waals surface area contributed by atoms with Gasteiger partial charge in [0.25, 0.3) is 0 Å². The molecule has 21 heavy (non-hydrogen) atoms. The van der Waals surface area contributed by atoms with Crippen LogP contribution in [-0.4, -0.2) is 23.7 Å². The van der Waals surface area contributed by atoms with Crippen molar-refractivity contribution in [2.24, 2.45) is 11.8 Å². The number of carbonyl (C=O) groups is 1. The SMILES string of the molecule is CC(C)COc1ccccc1NC1CCCC(C(=O)O)C1. The van der Waals surface area contributed by atoms with E-state index in [-0.39, 0.29) is 12.0 Å². The molecule has 0 radical (unpaired) electrons. The topological polar surface area (TPSA) is 58.6 Å². The molecule has 1 aromatic carbocycles. The molecule has 2 unspecified atom stereocenters. The number of rotatable bonds is 6. The fraction of sp³-hybridized carbons (Fsp3) is 0.588. The molecule has 2 atom stereocenters. The van der Waals surface area contributed by atoms with Gasteiger partial charge in [-0.15, -0.1) is 0 Å². The lowest BCUT2D eigenvalue weighted by atomic mass is 9.85. The molecule has 0 aromatic heterocycles. The summed E-state index contributed by atoms with van der Waals surface area (Å²) in [5.74, 6) is 0.429. The van der Waals surface area contributed by atoms with Crippen LogP contribution in [0.3, 0.4) is 0 Å². The highest BCUT2D eigenvalue weighted by atomic mass is 16.5. The summed E-state index contributed by atoms with van der Waals surface area (Å²) in [7, 11) is 0. The zero-order valence-corrected chi connectivity index (χ0v) is 12.8. The smallest absolute Gasteiger partial charge is 0.306 e. The molecule has 0 amide bonds. The van der Waals surface area contributed by atoms with Crippen molar-refractivity contribution in [3.8, 4) is 5.75 Å². The Kier molecular flexibility index (Phi) is 5.48. The van der Waals surface area contributed by atoms with Gasteiger partial charge in [-0.25, -0.2) is 0 Å². The van der Waals surface area contributed by atoms with Gasteiger partial charge in [-0.3, -0.25) is 4.79 Å². The Balaban J connectivity index is 2.00. The van der Waals surface area contributed by atoms with Gasteiger partial charge in [0.2, 0.25) is 0 Å². The molecule has 1 aliphatic rings. The third kappa shape index (κ3) is 4.66. The van der Waals surface area contributed by atoms with Crippen molar-refractivity contribution in [2.75, 3.05) is 11.9 Å². The van der Waals surface area contributed by atoms with E-state index < -0.39 is 5.97 Å². The van der Waals surface area contributed by atoms with E-state index in [9.17, 15) is 4.79 Å². The first-order valence-corrected chi connectivity index (χ1v) is 7.77. The van der Waals surface area contributed by atoms with Crippen LogP contribution in [-0.2, 0) is 4.79 Å². The minimum Gasteiger partial charge on any atom is -0.491 e. The van der Waals surface area contributed by atoms with Gasteiger partial charge in [-0.2, -0.15) is 0 Å². The number of ether oxygens (including phenoxy) is 1. The van der Waals surface area contributed by atoms with Crippen LogP contribution in [0.4, 0.5) is 5.69 Å². The predicted molar refractivity (Wildman–Crippen MR) is 83.8 cm³/mol. The summed E-state index contributed by atoms with van der Waals surface area (Å²) in [5, 5.41) is 12.6. The lowest BCUT2D eigenvalue weighted by Crippen LogP contribution is -2.31. The molecular formula is C17H25NO3. The predicted octanol–water partition coefficient (Wildman–Crippen LogP) is 3.78. The summed E-state index contributed by atoms with van der Waals surface area (Å²) in [6, 6.07) is 8.11. The molecular weight excluding hydrogens is 266 g/mol. The average molecular weight is 291 g/mol. The van der Waals surface area contributed by atoms with E-state index >= 15 is 0 Å². The van der Waals surface area contributed by atoms with Crippen molar-refractivity contribution in [1.29, 1.82) is 0 Å². The Morgan fingerprint density at radius 3 is 2.86 bits per heavy atom.